The molecule has 0 saturated carbocycles. The summed E-state index contributed by atoms with van der Waals surface area (Å²) in [4.78, 5) is 10.8. The normalized spacial score (nSPS) is 12.1. The van der Waals surface area contributed by atoms with E-state index in [1.807, 2.05) is 42.5 Å². The largest absolute Gasteiger partial charge is 0.503 e. The lowest BCUT2D eigenvalue weighted by molar-refractivity contribution is -0.479. The van der Waals surface area contributed by atoms with E-state index in [0.29, 0.717) is 11.5 Å². The van der Waals surface area contributed by atoms with Crippen molar-refractivity contribution in [2.24, 2.45) is 0 Å². The van der Waals surface area contributed by atoms with Crippen LogP contribution in [0.2, 0.25) is 0 Å². The van der Waals surface area contributed by atoms with Crippen molar-refractivity contribution in [3.05, 3.63) is 107 Å². The van der Waals surface area contributed by atoms with Gasteiger partial charge in [0.05, 0.1) is 10.4 Å². The Bertz CT molecular complexity index is 915. The van der Waals surface area contributed by atoms with Crippen LogP contribution in [0, 0.1) is 10.1 Å². The Hall–Kier alpha value is -2.41. The summed E-state index contributed by atoms with van der Waals surface area (Å²) in [5.74, 6) is 0.788. The third-order valence-electron chi connectivity index (χ3n) is 3.66. The first-order valence-corrected chi connectivity index (χ1v) is 13.0. The molecule has 0 amide bonds. The van der Waals surface area contributed by atoms with Gasteiger partial charge in [-0.3, -0.25) is 10.1 Å². The fraction of sp³-hybridized carbons (Fsp3) is 0.100. The summed E-state index contributed by atoms with van der Waals surface area (Å²) in [6, 6.07) is 26.5. The third kappa shape index (κ3) is 6.85. The molecule has 0 aromatic heterocycles. The molecule has 3 aromatic rings. The molecule has 0 spiro atoms. The topological polar surface area (TPSA) is 78.7 Å². The third-order valence-corrected chi connectivity index (χ3v) is 9.82. The van der Waals surface area contributed by atoms with Crippen LogP contribution < -0.4 is 9.05 Å². The molecule has 0 saturated heterocycles. The van der Waals surface area contributed by atoms with Gasteiger partial charge in [0.1, 0.15) is 16.7 Å². The van der Waals surface area contributed by atoms with E-state index in [4.69, 9.17) is 9.05 Å². The maximum absolute atomic E-state index is 13.5. The molecule has 0 bridgehead atoms. The number of nitro groups is 1. The number of benzene rings is 3. The van der Waals surface area contributed by atoms with E-state index in [9.17, 15) is 14.7 Å². The monoisotopic (exact) mass is 447 g/mol. The zero-order valence-corrected chi connectivity index (χ0v) is 17.7. The molecule has 0 radical (unpaired) electrons. The first kappa shape index (κ1) is 21.3. The van der Waals surface area contributed by atoms with E-state index in [2.05, 4.69) is 0 Å². The minimum absolute atomic E-state index is 0.307. The second-order valence-corrected chi connectivity index (χ2v) is 11.7. The number of para-hydroxylation sites is 2. The average molecular weight is 447 g/mol. The molecule has 3 aromatic carbocycles. The van der Waals surface area contributed by atoms with Crippen molar-refractivity contribution in [1.29, 1.82) is 0 Å². The Morgan fingerprint density at radius 1 is 0.828 bits per heavy atom. The summed E-state index contributed by atoms with van der Waals surface area (Å²) >= 11 is 0. The van der Waals surface area contributed by atoms with Crippen molar-refractivity contribution < 1.29 is 18.5 Å². The molecular formula is C20H18NO5PS2. The lowest BCUT2D eigenvalue weighted by Crippen LogP contribution is -2.09. The summed E-state index contributed by atoms with van der Waals surface area (Å²) < 4.78 is 24.9. The average Bonchev–Trinajstić information content (AvgIpc) is 2.73. The number of rotatable bonds is 10. The molecule has 6 nitrogen and oxygen atoms in total. The standard InChI is InChI=1S/C20H18NO5PS2/c22-21(23)16-20(17-10-4-1-5-11-17)28-29-27(24,25-18-12-6-2-7-13-18)26-19-14-8-3-9-15-19/h1-15,20H,16H2. The van der Waals surface area contributed by atoms with Crippen LogP contribution in [0.4, 0.5) is 0 Å². The fourth-order valence-electron chi connectivity index (χ4n) is 2.37. The molecule has 9 heteroatoms. The lowest BCUT2D eigenvalue weighted by Gasteiger charge is -2.20. The second-order valence-electron chi connectivity index (χ2n) is 5.84. The van der Waals surface area contributed by atoms with Gasteiger partial charge < -0.3 is 9.05 Å². The predicted molar refractivity (Wildman–Crippen MR) is 118 cm³/mol. The molecule has 1 atom stereocenters. The highest BCUT2D eigenvalue weighted by molar-refractivity contribution is 8.98. The van der Waals surface area contributed by atoms with Gasteiger partial charge in [0.25, 0.3) is 0 Å². The molecule has 0 aliphatic rings. The number of hydrogen-bond acceptors (Lipinski definition) is 7. The van der Waals surface area contributed by atoms with Gasteiger partial charge >= 0.3 is 6.80 Å². The summed E-state index contributed by atoms with van der Waals surface area (Å²) in [5, 5.41) is 10.6. The Kier molecular flexibility index (Phi) is 7.63. The van der Waals surface area contributed by atoms with Gasteiger partial charge in [0.15, 0.2) is 0 Å². The SMILES string of the molecule is O=[N+]([O-])CC(SSP(=O)(Oc1ccccc1)Oc1ccccc1)c1ccccc1. The molecule has 1 unspecified atom stereocenters. The van der Waals surface area contributed by atoms with Gasteiger partial charge in [-0.25, -0.2) is 4.57 Å². The van der Waals surface area contributed by atoms with Crippen molar-refractivity contribution in [3.8, 4) is 11.5 Å². The van der Waals surface area contributed by atoms with E-state index >= 15 is 0 Å². The maximum atomic E-state index is 13.5. The minimum atomic E-state index is -3.72. The van der Waals surface area contributed by atoms with E-state index < -0.39 is 12.0 Å². The van der Waals surface area contributed by atoms with Gasteiger partial charge in [-0.2, -0.15) is 0 Å². The molecule has 3 rings (SSSR count). The van der Waals surface area contributed by atoms with Crippen LogP contribution in [-0.2, 0) is 4.57 Å². The molecule has 29 heavy (non-hydrogen) atoms. The number of hydrogen-bond donors (Lipinski definition) is 0. The van der Waals surface area contributed by atoms with Crippen LogP contribution in [0.5, 0.6) is 11.5 Å². The van der Waals surface area contributed by atoms with Gasteiger partial charge in [0, 0.05) is 4.92 Å². The highest BCUT2D eigenvalue weighted by Crippen LogP contribution is 2.66. The molecular weight excluding hydrogens is 429 g/mol. The molecule has 0 aliphatic heterocycles. The van der Waals surface area contributed by atoms with E-state index in [1.165, 1.54) is 0 Å². The first-order chi connectivity index (χ1) is 14.0. The summed E-state index contributed by atoms with van der Waals surface area (Å²) in [6.45, 7) is -4.03. The van der Waals surface area contributed by atoms with Gasteiger partial charge in [-0.15, -0.1) is 0 Å². The Balaban J connectivity index is 1.81. The van der Waals surface area contributed by atoms with Crippen LogP contribution in [0.25, 0.3) is 0 Å². The van der Waals surface area contributed by atoms with Gasteiger partial charge in [-0.1, -0.05) is 77.5 Å². The van der Waals surface area contributed by atoms with Crippen molar-refractivity contribution >= 4 is 28.0 Å². The van der Waals surface area contributed by atoms with Crippen LogP contribution in [0.15, 0.2) is 91.0 Å². The van der Waals surface area contributed by atoms with Crippen molar-refractivity contribution in [3.63, 3.8) is 0 Å². The van der Waals surface area contributed by atoms with E-state index in [1.54, 1.807) is 48.5 Å². The Morgan fingerprint density at radius 2 is 1.28 bits per heavy atom. The maximum Gasteiger partial charge on any atom is 0.503 e. The molecule has 0 fully saturated rings. The second kappa shape index (κ2) is 10.4. The van der Waals surface area contributed by atoms with Crippen LogP contribution in [-0.4, -0.2) is 11.5 Å². The number of nitrogens with zero attached hydrogens (tertiary/aromatic N) is 1. The highest BCUT2D eigenvalue weighted by Gasteiger charge is 2.33. The van der Waals surface area contributed by atoms with Gasteiger partial charge in [-0.05, 0) is 29.8 Å². The lowest BCUT2D eigenvalue weighted by atomic mass is 10.1. The predicted octanol–water partition coefficient (Wildman–Crippen LogP) is 6.65. The highest BCUT2D eigenvalue weighted by atomic mass is 33.3. The van der Waals surface area contributed by atoms with Crippen molar-refractivity contribution in [2.45, 2.75) is 5.25 Å². The zero-order valence-electron chi connectivity index (χ0n) is 15.2. The first-order valence-electron chi connectivity index (χ1n) is 8.65. The van der Waals surface area contributed by atoms with Crippen LogP contribution >= 0.6 is 28.0 Å². The Labute approximate surface area is 176 Å². The minimum Gasteiger partial charge on any atom is -0.408 e. The summed E-state index contributed by atoms with van der Waals surface area (Å²) in [5.41, 5.74) is 0.771. The molecule has 0 N–H and O–H groups in total. The smallest absolute Gasteiger partial charge is 0.408 e. The van der Waals surface area contributed by atoms with Crippen LogP contribution in [0.1, 0.15) is 10.8 Å². The molecule has 0 heterocycles. The van der Waals surface area contributed by atoms with Gasteiger partial charge in [0.2, 0.25) is 6.54 Å². The zero-order chi connectivity index (χ0) is 20.5. The van der Waals surface area contributed by atoms with E-state index in [-0.39, 0.29) is 11.5 Å². The Morgan fingerprint density at radius 3 is 1.72 bits per heavy atom. The molecule has 0 aliphatic carbocycles. The molecule has 150 valence electrons. The summed E-state index contributed by atoms with van der Waals surface area (Å²) in [7, 11) is 1.99. The van der Waals surface area contributed by atoms with E-state index in [0.717, 1.165) is 26.8 Å². The fourth-order valence-corrected chi connectivity index (χ4v) is 8.16. The van der Waals surface area contributed by atoms with Crippen LogP contribution in [0.3, 0.4) is 0 Å². The van der Waals surface area contributed by atoms with Crippen molar-refractivity contribution in [2.75, 3.05) is 6.54 Å². The van der Waals surface area contributed by atoms with Crippen molar-refractivity contribution in [1.82, 2.24) is 0 Å². The quantitative estimate of drug-likeness (QED) is 0.149. The summed E-state index contributed by atoms with van der Waals surface area (Å²) in [6.07, 6.45) is 0.